The predicted octanol–water partition coefficient (Wildman–Crippen LogP) is 4.66. The van der Waals surface area contributed by atoms with E-state index in [1.165, 1.54) is 24.3 Å². The van der Waals surface area contributed by atoms with Gasteiger partial charge < -0.3 is 14.0 Å². The number of alkyl halides is 3. The number of anilines is 1. The lowest BCUT2D eigenvalue weighted by Gasteiger charge is -2.11. The standard InChI is InChI=1S/C21H22F3N3O3/c1-2-29-13-5-12-27-18-7-4-3-6-17(18)25-20(27)26-19(28)15-8-10-16(11-9-15)30-14-21(22,23)24/h3-4,6-11H,2,5,12-14H2,1H3,(H,25,26,28). The Hall–Kier alpha value is -3.07. The van der Waals surface area contributed by atoms with Gasteiger partial charge in [-0.2, -0.15) is 13.2 Å². The predicted molar refractivity (Wildman–Crippen MR) is 107 cm³/mol. The summed E-state index contributed by atoms with van der Waals surface area (Å²) >= 11 is 0. The second-order valence-corrected chi connectivity index (χ2v) is 6.51. The van der Waals surface area contributed by atoms with Crippen LogP contribution in [-0.2, 0) is 11.3 Å². The number of fused-ring (bicyclic) bond motifs is 1. The van der Waals surface area contributed by atoms with Crippen LogP contribution in [0.15, 0.2) is 48.5 Å². The third kappa shape index (κ3) is 5.73. The minimum Gasteiger partial charge on any atom is -0.484 e. The third-order valence-corrected chi connectivity index (χ3v) is 4.27. The Labute approximate surface area is 171 Å². The highest BCUT2D eigenvalue weighted by atomic mass is 19.4. The Balaban J connectivity index is 1.72. The molecule has 0 aliphatic rings. The van der Waals surface area contributed by atoms with Crippen molar-refractivity contribution in [2.45, 2.75) is 26.1 Å². The van der Waals surface area contributed by atoms with Gasteiger partial charge in [-0.1, -0.05) is 12.1 Å². The summed E-state index contributed by atoms with van der Waals surface area (Å²) < 4.78 is 48.7. The van der Waals surface area contributed by atoms with Gasteiger partial charge in [0.05, 0.1) is 11.0 Å². The van der Waals surface area contributed by atoms with Crippen LogP contribution in [0.2, 0.25) is 0 Å². The largest absolute Gasteiger partial charge is 0.484 e. The van der Waals surface area contributed by atoms with Crippen molar-refractivity contribution in [1.29, 1.82) is 0 Å². The van der Waals surface area contributed by atoms with Crippen molar-refractivity contribution >= 4 is 22.9 Å². The van der Waals surface area contributed by atoms with Gasteiger partial charge in [-0.05, 0) is 49.7 Å². The molecule has 9 heteroatoms. The van der Waals surface area contributed by atoms with Crippen LogP contribution >= 0.6 is 0 Å². The Morgan fingerprint density at radius 3 is 2.57 bits per heavy atom. The molecule has 3 aromatic rings. The molecule has 30 heavy (non-hydrogen) atoms. The number of halogens is 3. The van der Waals surface area contributed by atoms with E-state index < -0.39 is 18.7 Å². The van der Waals surface area contributed by atoms with Gasteiger partial charge >= 0.3 is 6.18 Å². The van der Waals surface area contributed by atoms with Gasteiger partial charge in [0, 0.05) is 25.3 Å². The maximum absolute atomic E-state index is 12.6. The van der Waals surface area contributed by atoms with E-state index in [2.05, 4.69) is 15.0 Å². The maximum Gasteiger partial charge on any atom is 0.422 e. The molecule has 0 saturated carbocycles. The minimum absolute atomic E-state index is 0.0343. The number of aromatic nitrogens is 2. The summed E-state index contributed by atoms with van der Waals surface area (Å²) in [6.07, 6.45) is -3.67. The minimum atomic E-state index is -4.42. The molecule has 1 heterocycles. The highest BCUT2D eigenvalue weighted by Crippen LogP contribution is 2.22. The highest BCUT2D eigenvalue weighted by Gasteiger charge is 2.28. The molecule has 0 spiro atoms. The second kappa shape index (κ2) is 9.62. The average Bonchev–Trinajstić information content (AvgIpc) is 3.06. The summed E-state index contributed by atoms with van der Waals surface area (Å²) in [5.74, 6) is 0.0147. The van der Waals surface area contributed by atoms with Crippen molar-refractivity contribution in [2.75, 3.05) is 25.1 Å². The second-order valence-electron chi connectivity index (χ2n) is 6.51. The fourth-order valence-corrected chi connectivity index (χ4v) is 2.91. The molecule has 3 rings (SSSR count). The third-order valence-electron chi connectivity index (χ3n) is 4.27. The highest BCUT2D eigenvalue weighted by molar-refractivity contribution is 6.04. The lowest BCUT2D eigenvalue weighted by atomic mass is 10.2. The lowest BCUT2D eigenvalue weighted by molar-refractivity contribution is -0.153. The molecule has 6 nitrogen and oxygen atoms in total. The van der Waals surface area contributed by atoms with Crippen LogP contribution < -0.4 is 10.1 Å². The molecule has 1 N–H and O–H groups in total. The van der Waals surface area contributed by atoms with E-state index in [9.17, 15) is 18.0 Å². The van der Waals surface area contributed by atoms with Gasteiger partial charge in [0.25, 0.3) is 5.91 Å². The van der Waals surface area contributed by atoms with Crippen LogP contribution in [0.25, 0.3) is 11.0 Å². The fraction of sp³-hybridized carbons (Fsp3) is 0.333. The first kappa shape index (κ1) is 21.6. The number of imidazole rings is 1. The Morgan fingerprint density at radius 2 is 1.87 bits per heavy atom. The molecule has 0 radical (unpaired) electrons. The zero-order chi connectivity index (χ0) is 21.6. The quantitative estimate of drug-likeness (QED) is 0.511. The molecule has 1 amide bonds. The van der Waals surface area contributed by atoms with E-state index >= 15 is 0 Å². The molecule has 0 unspecified atom stereocenters. The SMILES string of the molecule is CCOCCCn1c(NC(=O)c2ccc(OCC(F)(F)F)cc2)nc2ccccc21. The fourth-order valence-electron chi connectivity index (χ4n) is 2.91. The number of amides is 1. The van der Waals surface area contributed by atoms with E-state index in [1.807, 2.05) is 35.8 Å². The first-order chi connectivity index (χ1) is 14.4. The van der Waals surface area contributed by atoms with Gasteiger partial charge in [0.15, 0.2) is 6.61 Å². The van der Waals surface area contributed by atoms with Crippen LogP contribution in [0.5, 0.6) is 5.75 Å². The average molecular weight is 421 g/mol. The van der Waals surface area contributed by atoms with Gasteiger partial charge in [0.1, 0.15) is 5.75 Å². The molecule has 0 fully saturated rings. The van der Waals surface area contributed by atoms with Crippen LogP contribution in [-0.4, -0.2) is 41.5 Å². The molecule has 1 aromatic heterocycles. The smallest absolute Gasteiger partial charge is 0.422 e. The number of hydrogen-bond donors (Lipinski definition) is 1. The number of para-hydroxylation sites is 2. The van der Waals surface area contributed by atoms with Crippen molar-refractivity contribution in [3.05, 3.63) is 54.1 Å². The van der Waals surface area contributed by atoms with Crippen molar-refractivity contribution in [3.8, 4) is 5.75 Å². The number of carbonyl (C=O) groups is 1. The van der Waals surface area contributed by atoms with Crippen LogP contribution in [0.1, 0.15) is 23.7 Å². The topological polar surface area (TPSA) is 65.4 Å². The first-order valence-corrected chi connectivity index (χ1v) is 9.51. The number of hydrogen-bond acceptors (Lipinski definition) is 4. The number of carbonyl (C=O) groups excluding carboxylic acids is 1. The summed E-state index contributed by atoms with van der Waals surface area (Å²) in [6, 6.07) is 13.0. The first-order valence-electron chi connectivity index (χ1n) is 9.51. The molecule has 160 valence electrons. The maximum atomic E-state index is 12.6. The zero-order valence-corrected chi connectivity index (χ0v) is 16.4. The lowest BCUT2D eigenvalue weighted by Crippen LogP contribution is -2.19. The van der Waals surface area contributed by atoms with E-state index in [4.69, 9.17) is 4.74 Å². The number of ether oxygens (including phenoxy) is 2. The van der Waals surface area contributed by atoms with Gasteiger partial charge in [-0.25, -0.2) is 4.98 Å². The van der Waals surface area contributed by atoms with Gasteiger partial charge in [0.2, 0.25) is 5.95 Å². The molecule has 0 saturated heterocycles. The van der Waals surface area contributed by atoms with Crippen molar-refractivity contribution in [2.24, 2.45) is 0 Å². The number of benzene rings is 2. The summed E-state index contributed by atoms with van der Waals surface area (Å²) in [5.41, 5.74) is 1.92. The molecule has 0 bridgehead atoms. The number of rotatable bonds is 9. The summed E-state index contributed by atoms with van der Waals surface area (Å²) in [4.78, 5) is 17.1. The summed E-state index contributed by atoms with van der Waals surface area (Å²) in [5, 5.41) is 2.78. The molecular weight excluding hydrogens is 399 g/mol. The van der Waals surface area contributed by atoms with Gasteiger partial charge in [-0.15, -0.1) is 0 Å². The Bertz CT molecular complexity index is 985. The summed E-state index contributed by atoms with van der Waals surface area (Å²) in [7, 11) is 0. The Kier molecular flexibility index (Phi) is 6.94. The van der Waals surface area contributed by atoms with E-state index in [1.54, 1.807) is 0 Å². The van der Waals surface area contributed by atoms with Gasteiger partial charge in [-0.3, -0.25) is 10.1 Å². The molecular formula is C21H22F3N3O3. The molecule has 0 aliphatic heterocycles. The van der Waals surface area contributed by atoms with Crippen LogP contribution in [0, 0.1) is 0 Å². The number of aryl methyl sites for hydroxylation is 1. The monoisotopic (exact) mass is 421 g/mol. The van der Waals surface area contributed by atoms with E-state index in [0.29, 0.717) is 25.7 Å². The van der Waals surface area contributed by atoms with Crippen LogP contribution in [0.4, 0.5) is 19.1 Å². The van der Waals surface area contributed by atoms with Crippen LogP contribution in [0.3, 0.4) is 0 Å². The van der Waals surface area contributed by atoms with E-state index in [-0.39, 0.29) is 11.3 Å². The number of nitrogens with one attached hydrogen (secondary N) is 1. The molecule has 0 atom stereocenters. The van der Waals surface area contributed by atoms with Crippen molar-refractivity contribution < 1.29 is 27.4 Å². The normalized spacial score (nSPS) is 11.6. The molecule has 2 aromatic carbocycles. The number of nitrogens with zero attached hydrogens (tertiary/aromatic N) is 2. The Morgan fingerprint density at radius 1 is 1.13 bits per heavy atom. The molecule has 0 aliphatic carbocycles. The van der Waals surface area contributed by atoms with Crippen molar-refractivity contribution in [3.63, 3.8) is 0 Å². The van der Waals surface area contributed by atoms with Crippen molar-refractivity contribution in [1.82, 2.24) is 9.55 Å². The zero-order valence-electron chi connectivity index (χ0n) is 16.4. The van der Waals surface area contributed by atoms with E-state index in [0.717, 1.165) is 17.5 Å². The summed E-state index contributed by atoms with van der Waals surface area (Å²) in [6.45, 7) is 2.38.